The lowest BCUT2D eigenvalue weighted by atomic mass is 10.2. The number of nitrogens with one attached hydrogen (secondary N) is 2. The van der Waals surface area contributed by atoms with Gasteiger partial charge in [0.25, 0.3) is 0 Å². The summed E-state index contributed by atoms with van der Waals surface area (Å²) in [6.45, 7) is 0.354. The zero-order valence-corrected chi connectivity index (χ0v) is 22.8. The van der Waals surface area contributed by atoms with Gasteiger partial charge in [-0.05, 0) is 48.7 Å². The molecule has 1 aliphatic carbocycles. The number of aliphatic hydroxyl groups excluding tert-OH is 1. The zero-order valence-electron chi connectivity index (χ0n) is 22.0. The minimum atomic E-state index is -1.25. The molecule has 5 rings (SSSR count). The van der Waals surface area contributed by atoms with Crippen LogP contribution >= 0.6 is 11.3 Å². The highest BCUT2D eigenvalue weighted by Gasteiger charge is 2.24. The van der Waals surface area contributed by atoms with E-state index in [1.807, 2.05) is 18.2 Å². The molecule has 0 saturated heterocycles. The highest BCUT2D eigenvalue weighted by Crippen LogP contribution is 2.39. The lowest BCUT2D eigenvalue weighted by Gasteiger charge is -2.21. The van der Waals surface area contributed by atoms with E-state index >= 15 is 0 Å². The van der Waals surface area contributed by atoms with E-state index in [2.05, 4.69) is 20.6 Å². The monoisotopic (exact) mass is 583 g/mol. The topological polar surface area (TPSA) is 126 Å². The van der Waals surface area contributed by atoms with Gasteiger partial charge >= 0.3 is 6.03 Å². The Morgan fingerprint density at radius 2 is 1.98 bits per heavy atom. The number of anilines is 1. The van der Waals surface area contributed by atoms with E-state index in [1.165, 1.54) is 41.7 Å². The van der Waals surface area contributed by atoms with Crippen LogP contribution in [0.2, 0.25) is 0 Å². The first-order valence-electron chi connectivity index (χ1n) is 12.8. The van der Waals surface area contributed by atoms with Crippen LogP contribution in [0.1, 0.15) is 18.4 Å². The molecule has 214 valence electrons. The molecule has 1 saturated carbocycles. The molecule has 1 aliphatic rings. The fourth-order valence-electron chi connectivity index (χ4n) is 4.00. The van der Waals surface area contributed by atoms with Gasteiger partial charge in [0.15, 0.2) is 11.6 Å². The van der Waals surface area contributed by atoms with E-state index in [-0.39, 0.29) is 29.9 Å². The Labute approximate surface area is 237 Å². The second-order valence-corrected chi connectivity index (χ2v) is 10.4. The van der Waals surface area contributed by atoms with E-state index in [0.29, 0.717) is 23.5 Å². The normalized spacial score (nSPS) is 12.8. The molecule has 1 aromatic carbocycles. The third kappa shape index (κ3) is 6.76. The number of urea groups is 1. The molecule has 0 spiro atoms. The number of halogens is 2. The van der Waals surface area contributed by atoms with Crippen LogP contribution in [0.15, 0.2) is 48.8 Å². The van der Waals surface area contributed by atoms with Crippen molar-refractivity contribution in [1.29, 1.82) is 0 Å². The Morgan fingerprint density at radius 3 is 2.68 bits per heavy atom. The zero-order chi connectivity index (χ0) is 28.9. The van der Waals surface area contributed by atoms with Gasteiger partial charge in [0.2, 0.25) is 17.6 Å². The number of fused-ring (bicyclic) bond motifs is 1. The van der Waals surface area contributed by atoms with Crippen molar-refractivity contribution in [3.8, 4) is 22.2 Å². The molecule has 3 N–H and O–H groups in total. The van der Waals surface area contributed by atoms with E-state index in [4.69, 9.17) is 9.47 Å². The summed E-state index contributed by atoms with van der Waals surface area (Å²) >= 11 is 1.32. The lowest BCUT2D eigenvalue weighted by Crippen LogP contribution is -2.35. The number of benzene rings is 1. The van der Waals surface area contributed by atoms with Gasteiger partial charge < -0.3 is 30.1 Å². The van der Waals surface area contributed by atoms with Crippen LogP contribution < -0.4 is 15.4 Å². The molecule has 13 heteroatoms. The van der Waals surface area contributed by atoms with Crippen LogP contribution in [0, 0.1) is 11.6 Å². The summed E-state index contributed by atoms with van der Waals surface area (Å²) in [5.74, 6) is -3.17. The molecular weight excluding hydrogens is 556 g/mol. The summed E-state index contributed by atoms with van der Waals surface area (Å²) in [5.41, 5.74) is 1.14. The first kappa shape index (κ1) is 28.3. The molecule has 3 heterocycles. The fourth-order valence-corrected chi connectivity index (χ4v) is 5.06. The molecule has 3 aromatic heterocycles. The maximum Gasteiger partial charge on any atom is 0.319 e. The first-order chi connectivity index (χ1) is 19.9. The number of rotatable bonds is 11. The molecule has 41 heavy (non-hydrogen) atoms. The standard InChI is InChI=1S/C28H27F2N5O5S/c1-39-11-10-35(23(37)15-36)14-16-2-5-19(32-13-16)22-12-17-8-9-31-27(26(17)41-22)40-21-7-6-20(24(29)25(21)30)34-28(38)33-18-3-4-18/h2,5-9,12-13,18,36H,3-4,10-11,14-15H2,1H3,(H2,33,34,38). The van der Waals surface area contributed by atoms with Gasteiger partial charge in [-0.15, -0.1) is 11.3 Å². The number of amides is 3. The molecule has 3 amide bonds. The van der Waals surface area contributed by atoms with Crippen LogP contribution in [-0.4, -0.2) is 64.8 Å². The van der Waals surface area contributed by atoms with Crippen LogP contribution in [0.3, 0.4) is 0 Å². The summed E-state index contributed by atoms with van der Waals surface area (Å²) in [7, 11) is 1.54. The van der Waals surface area contributed by atoms with Crippen LogP contribution in [-0.2, 0) is 16.1 Å². The number of carbonyl (C=O) groups is 2. The third-order valence-electron chi connectivity index (χ3n) is 6.32. The number of pyridine rings is 2. The number of aromatic nitrogens is 2. The molecule has 0 radical (unpaired) electrons. The third-order valence-corrected chi connectivity index (χ3v) is 7.48. The number of methoxy groups -OCH3 is 1. The SMILES string of the molecule is COCCN(Cc1ccc(-c2cc3ccnc(Oc4ccc(NC(=O)NC5CC5)c(F)c4F)c3s2)nc1)C(=O)CO. The second-order valence-electron chi connectivity index (χ2n) is 9.38. The van der Waals surface area contributed by atoms with Crippen LogP contribution in [0.5, 0.6) is 11.6 Å². The molecule has 0 atom stereocenters. The van der Waals surface area contributed by atoms with Crippen molar-refractivity contribution in [3.63, 3.8) is 0 Å². The predicted octanol–water partition coefficient (Wildman–Crippen LogP) is 4.68. The van der Waals surface area contributed by atoms with Crippen molar-refractivity contribution in [3.05, 3.63) is 66.0 Å². The van der Waals surface area contributed by atoms with Gasteiger partial charge in [0.05, 0.1) is 27.6 Å². The summed E-state index contributed by atoms with van der Waals surface area (Å²) in [5, 5.41) is 15.0. The number of thiophene rings is 1. The summed E-state index contributed by atoms with van der Waals surface area (Å²) in [4.78, 5) is 35.0. The van der Waals surface area contributed by atoms with E-state index in [1.54, 1.807) is 12.3 Å². The minimum absolute atomic E-state index is 0.0693. The number of aliphatic hydroxyl groups is 1. The Kier molecular flexibility index (Phi) is 8.67. The number of ether oxygens (including phenoxy) is 2. The molecular formula is C28H27F2N5O5S. The number of hydrogen-bond donors (Lipinski definition) is 3. The van der Waals surface area contributed by atoms with Gasteiger partial charge in [0.1, 0.15) is 6.61 Å². The van der Waals surface area contributed by atoms with Crippen molar-refractivity contribution >= 4 is 39.0 Å². The van der Waals surface area contributed by atoms with Crippen molar-refractivity contribution in [2.45, 2.75) is 25.4 Å². The molecule has 0 bridgehead atoms. The molecule has 1 fully saturated rings. The minimum Gasteiger partial charge on any atom is -0.434 e. The largest absolute Gasteiger partial charge is 0.434 e. The maximum atomic E-state index is 14.9. The smallest absolute Gasteiger partial charge is 0.319 e. The number of nitrogens with zero attached hydrogens (tertiary/aromatic N) is 3. The number of carbonyl (C=O) groups excluding carboxylic acids is 2. The Balaban J connectivity index is 1.32. The Bertz CT molecular complexity index is 1560. The summed E-state index contributed by atoms with van der Waals surface area (Å²) < 4.78 is 40.9. The van der Waals surface area contributed by atoms with Crippen molar-refractivity contribution in [1.82, 2.24) is 20.2 Å². The van der Waals surface area contributed by atoms with Gasteiger partial charge in [-0.1, -0.05) is 6.07 Å². The quantitative estimate of drug-likeness (QED) is 0.234. The average Bonchev–Trinajstić information content (AvgIpc) is 3.68. The van der Waals surface area contributed by atoms with Gasteiger partial charge in [-0.2, -0.15) is 4.39 Å². The summed E-state index contributed by atoms with van der Waals surface area (Å²) in [6.07, 6.45) is 4.88. The molecule has 4 aromatic rings. The van der Waals surface area contributed by atoms with Gasteiger partial charge in [-0.25, -0.2) is 14.2 Å². The second kappa shape index (κ2) is 12.5. The summed E-state index contributed by atoms with van der Waals surface area (Å²) in [6, 6.07) is 9.25. The van der Waals surface area contributed by atoms with E-state index in [9.17, 15) is 23.5 Å². The lowest BCUT2D eigenvalue weighted by molar-refractivity contribution is -0.135. The van der Waals surface area contributed by atoms with Crippen LogP contribution in [0.25, 0.3) is 20.7 Å². The van der Waals surface area contributed by atoms with Gasteiger partial charge in [-0.3, -0.25) is 9.78 Å². The highest BCUT2D eigenvalue weighted by atomic mass is 32.1. The molecule has 0 aliphatic heterocycles. The van der Waals surface area contributed by atoms with Crippen molar-refractivity contribution in [2.75, 3.05) is 32.2 Å². The van der Waals surface area contributed by atoms with Crippen molar-refractivity contribution in [2.24, 2.45) is 0 Å². The predicted molar refractivity (Wildman–Crippen MR) is 149 cm³/mol. The van der Waals surface area contributed by atoms with E-state index < -0.39 is 30.2 Å². The average molecular weight is 584 g/mol. The molecule has 0 unspecified atom stereocenters. The highest BCUT2D eigenvalue weighted by molar-refractivity contribution is 7.22. The van der Waals surface area contributed by atoms with Gasteiger partial charge in [0, 0.05) is 44.0 Å². The maximum absolute atomic E-state index is 14.9. The van der Waals surface area contributed by atoms with Crippen molar-refractivity contribution < 1.29 is 33.0 Å². The fraction of sp³-hybridized carbons (Fsp3) is 0.286. The van der Waals surface area contributed by atoms with Crippen LogP contribution in [0.4, 0.5) is 19.3 Å². The molecule has 10 nitrogen and oxygen atoms in total. The number of hydrogen-bond acceptors (Lipinski definition) is 8. The first-order valence-corrected chi connectivity index (χ1v) is 13.6. The Hall–Kier alpha value is -4.20. The Morgan fingerprint density at radius 1 is 1.15 bits per heavy atom. The van der Waals surface area contributed by atoms with E-state index in [0.717, 1.165) is 28.7 Å².